The zero-order chi connectivity index (χ0) is 5.70. The van der Waals surface area contributed by atoms with E-state index in [1.165, 1.54) is 0 Å². The highest BCUT2D eigenvalue weighted by Gasteiger charge is 1.90. The first kappa shape index (κ1) is 7.11. The van der Waals surface area contributed by atoms with E-state index < -0.39 is 0 Å². The quantitative estimate of drug-likeness (QED) is 0.584. The van der Waals surface area contributed by atoms with Crippen molar-refractivity contribution in [1.82, 2.24) is 0 Å². The molecular weight excluding hydrogens is 160 g/mol. The Kier molecular flexibility index (Phi) is 4.34. The maximum Gasteiger partial charge on any atom is 0.200 e. The molecule has 0 fully saturated rings. The smallest absolute Gasteiger partial charge is 0.200 e. The summed E-state index contributed by atoms with van der Waals surface area (Å²) in [5, 5.41) is 0. The first-order valence-corrected chi connectivity index (χ1v) is 2.74. The third kappa shape index (κ3) is 6.11. The molecule has 2 nitrogen and oxygen atoms in total. The first-order valence-electron chi connectivity index (χ1n) is 1.94. The van der Waals surface area contributed by atoms with Gasteiger partial charge in [-0.2, -0.15) is 0 Å². The Morgan fingerprint density at radius 3 is 2.57 bits per heavy atom. The van der Waals surface area contributed by atoms with Crippen molar-refractivity contribution in [1.29, 1.82) is 0 Å². The second-order valence-corrected chi connectivity index (χ2v) is 1.98. The van der Waals surface area contributed by atoms with Gasteiger partial charge in [-0.25, -0.2) is 0 Å². The highest BCUT2D eigenvalue weighted by Crippen LogP contribution is 1.89. The number of methoxy groups -OCH3 is 1. The van der Waals surface area contributed by atoms with Crippen LogP contribution in [0.3, 0.4) is 0 Å². The van der Waals surface area contributed by atoms with Gasteiger partial charge in [0, 0.05) is 13.5 Å². The van der Waals surface area contributed by atoms with Crippen LogP contribution in [0, 0.1) is 0 Å². The maximum absolute atomic E-state index is 10.0. The molecule has 0 saturated heterocycles. The summed E-state index contributed by atoms with van der Waals surface area (Å²) in [6.45, 7) is 0.504. The fourth-order valence-electron chi connectivity index (χ4n) is 0.182. The summed E-state index contributed by atoms with van der Waals surface area (Å²) in [6.07, 6.45) is 0.455. The Bertz CT molecular complexity index is 62.7. The van der Waals surface area contributed by atoms with E-state index in [1.54, 1.807) is 7.11 Å². The lowest BCUT2D eigenvalue weighted by Gasteiger charge is -1.88. The maximum atomic E-state index is 10.0. The standard InChI is InChI=1S/C4H7BrO2/c1-7-3-2-4(5)6/h2-3H2,1H3. The molecule has 42 valence electrons. The summed E-state index contributed by atoms with van der Waals surface area (Å²) >= 11 is 2.76. The van der Waals surface area contributed by atoms with E-state index in [4.69, 9.17) is 0 Å². The van der Waals surface area contributed by atoms with E-state index in [0.29, 0.717) is 13.0 Å². The molecule has 0 aliphatic heterocycles. The average Bonchev–Trinajstić information content (AvgIpc) is 1.61. The van der Waals surface area contributed by atoms with Crippen molar-refractivity contribution in [3.63, 3.8) is 0 Å². The van der Waals surface area contributed by atoms with Gasteiger partial charge in [0.1, 0.15) is 0 Å². The van der Waals surface area contributed by atoms with Gasteiger partial charge in [-0.3, -0.25) is 4.79 Å². The van der Waals surface area contributed by atoms with Crippen LogP contribution in [0.1, 0.15) is 6.42 Å². The van der Waals surface area contributed by atoms with Crippen molar-refractivity contribution in [3.8, 4) is 0 Å². The molecule has 7 heavy (non-hydrogen) atoms. The normalized spacial score (nSPS) is 8.86. The minimum Gasteiger partial charge on any atom is -0.384 e. The zero-order valence-electron chi connectivity index (χ0n) is 4.11. The Labute approximate surface area is 51.0 Å². The number of rotatable bonds is 3. The molecule has 0 aromatic rings. The highest BCUT2D eigenvalue weighted by atomic mass is 79.9. The molecular formula is C4H7BrO2. The summed E-state index contributed by atoms with van der Waals surface area (Å²) in [4.78, 5) is 10.0. The van der Waals surface area contributed by atoms with Crippen LogP contribution >= 0.6 is 15.9 Å². The summed E-state index contributed by atoms with van der Waals surface area (Å²) < 4.78 is 4.60. The third-order valence-corrected chi connectivity index (χ3v) is 0.899. The van der Waals surface area contributed by atoms with Crippen LogP contribution in [-0.4, -0.2) is 18.4 Å². The fraction of sp³-hybridized carbons (Fsp3) is 0.750. The molecule has 0 rings (SSSR count). The molecule has 0 amide bonds. The molecule has 0 spiro atoms. The minimum atomic E-state index is -0.00523. The van der Waals surface area contributed by atoms with E-state index >= 15 is 0 Å². The van der Waals surface area contributed by atoms with Crippen LogP contribution < -0.4 is 0 Å². The number of hydrogen-bond acceptors (Lipinski definition) is 2. The van der Waals surface area contributed by atoms with Gasteiger partial charge in [0.2, 0.25) is 0 Å². The van der Waals surface area contributed by atoms with Crippen LogP contribution in [0.25, 0.3) is 0 Å². The summed E-state index contributed by atoms with van der Waals surface area (Å²) in [6, 6.07) is 0. The predicted molar refractivity (Wildman–Crippen MR) is 30.4 cm³/mol. The first-order chi connectivity index (χ1) is 3.27. The number of carbonyl (C=O) groups is 1. The van der Waals surface area contributed by atoms with Crippen LogP contribution in [-0.2, 0) is 9.53 Å². The summed E-state index contributed by atoms with van der Waals surface area (Å²) in [7, 11) is 1.57. The Balaban J connectivity index is 2.82. The number of hydrogen-bond donors (Lipinski definition) is 0. The van der Waals surface area contributed by atoms with Gasteiger partial charge in [-0.15, -0.1) is 0 Å². The fourth-order valence-corrected chi connectivity index (χ4v) is 0.344. The lowest BCUT2D eigenvalue weighted by atomic mass is 10.5. The van der Waals surface area contributed by atoms with Crippen molar-refractivity contribution in [2.24, 2.45) is 0 Å². The Morgan fingerprint density at radius 1 is 1.86 bits per heavy atom. The zero-order valence-corrected chi connectivity index (χ0v) is 5.69. The lowest BCUT2D eigenvalue weighted by molar-refractivity contribution is -0.111. The largest absolute Gasteiger partial charge is 0.384 e. The number of ether oxygens (including phenoxy) is 1. The SMILES string of the molecule is COCCC(=O)Br. The predicted octanol–water partition coefficient (Wildman–Crippen LogP) is 0.944. The molecule has 0 bridgehead atoms. The average molecular weight is 167 g/mol. The van der Waals surface area contributed by atoms with Crippen molar-refractivity contribution in [2.45, 2.75) is 6.42 Å². The number of carbonyl (C=O) groups excluding carboxylic acids is 1. The van der Waals surface area contributed by atoms with Crippen molar-refractivity contribution >= 4 is 20.6 Å². The van der Waals surface area contributed by atoms with Gasteiger partial charge < -0.3 is 4.74 Å². The second kappa shape index (κ2) is 4.27. The Hall–Kier alpha value is 0.110. The van der Waals surface area contributed by atoms with Crippen molar-refractivity contribution < 1.29 is 9.53 Å². The molecule has 0 N–H and O–H groups in total. The topological polar surface area (TPSA) is 26.3 Å². The number of halogens is 1. The second-order valence-electron chi connectivity index (χ2n) is 1.10. The van der Waals surface area contributed by atoms with E-state index in [1.807, 2.05) is 0 Å². The molecule has 0 aromatic carbocycles. The molecule has 0 radical (unpaired) electrons. The van der Waals surface area contributed by atoms with E-state index in [2.05, 4.69) is 20.7 Å². The van der Waals surface area contributed by atoms with E-state index in [0.717, 1.165) is 0 Å². The molecule has 0 atom stereocenters. The summed E-state index contributed by atoms with van der Waals surface area (Å²) in [5.74, 6) is 0. The molecule has 0 unspecified atom stereocenters. The molecule has 0 aliphatic carbocycles. The molecule has 0 saturated carbocycles. The van der Waals surface area contributed by atoms with Crippen molar-refractivity contribution in [3.05, 3.63) is 0 Å². The van der Waals surface area contributed by atoms with Gasteiger partial charge in [0.15, 0.2) is 4.69 Å². The van der Waals surface area contributed by atoms with Crippen LogP contribution in [0.4, 0.5) is 0 Å². The van der Waals surface area contributed by atoms with E-state index in [-0.39, 0.29) is 4.69 Å². The van der Waals surface area contributed by atoms with Crippen LogP contribution in [0.15, 0.2) is 0 Å². The third-order valence-electron chi connectivity index (χ3n) is 0.503. The van der Waals surface area contributed by atoms with Gasteiger partial charge >= 0.3 is 0 Å². The molecule has 3 heteroatoms. The van der Waals surface area contributed by atoms with Crippen molar-refractivity contribution in [2.75, 3.05) is 13.7 Å². The molecule has 0 aromatic heterocycles. The van der Waals surface area contributed by atoms with Crippen LogP contribution in [0.2, 0.25) is 0 Å². The van der Waals surface area contributed by atoms with Crippen LogP contribution in [0.5, 0.6) is 0 Å². The lowest BCUT2D eigenvalue weighted by Crippen LogP contribution is -1.92. The van der Waals surface area contributed by atoms with Gasteiger partial charge in [-0.05, 0) is 15.9 Å². The van der Waals surface area contributed by atoms with E-state index in [9.17, 15) is 4.79 Å². The minimum absolute atomic E-state index is 0.00523. The Morgan fingerprint density at radius 2 is 2.43 bits per heavy atom. The highest BCUT2D eigenvalue weighted by molar-refractivity contribution is 9.18. The van der Waals surface area contributed by atoms with Gasteiger partial charge in [0.05, 0.1) is 6.61 Å². The molecule has 0 aliphatic rings. The van der Waals surface area contributed by atoms with Gasteiger partial charge in [0.25, 0.3) is 0 Å². The summed E-state index contributed by atoms with van der Waals surface area (Å²) in [5.41, 5.74) is 0. The molecule has 0 heterocycles. The monoisotopic (exact) mass is 166 g/mol. The van der Waals surface area contributed by atoms with Gasteiger partial charge in [-0.1, -0.05) is 0 Å².